The van der Waals surface area contributed by atoms with Crippen LogP contribution in [0.5, 0.6) is 0 Å². The quantitative estimate of drug-likeness (QED) is 0.841. The third-order valence-corrected chi connectivity index (χ3v) is 6.04. The van der Waals surface area contributed by atoms with Gasteiger partial charge in [0.2, 0.25) is 0 Å². The molecule has 122 valence electrons. The van der Waals surface area contributed by atoms with Crippen molar-refractivity contribution in [1.82, 2.24) is 15.1 Å². The van der Waals surface area contributed by atoms with Gasteiger partial charge in [0.1, 0.15) is 0 Å². The second kappa shape index (κ2) is 6.55. The van der Waals surface area contributed by atoms with E-state index in [0.717, 1.165) is 12.1 Å². The molecule has 3 aliphatic rings. The van der Waals surface area contributed by atoms with Crippen LogP contribution in [0.2, 0.25) is 0 Å². The van der Waals surface area contributed by atoms with E-state index in [9.17, 15) is 0 Å². The average Bonchev–Trinajstić information content (AvgIpc) is 3.30. The Morgan fingerprint density at radius 1 is 1.00 bits per heavy atom. The van der Waals surface area contributed by atoms with E-state index in [1.165, 1.54) is 71.2 Å². The third kappa shape index (κ3) is 3.62. The van der Waals surface area contributed by atoms with Crippen LogP contribution in [0.3, 0.4) is 0 Å². The number of hydrogen-bond donors (Lipinski definition) is 1. The van der Waals surface area contributed by atoms with Crippen molar-refractivity contribution in [2.24, 2.45) is 5.41 Å². The maximum absolute atomic E-state index is 3.90. The first kappa shape index (κ1) is 15.8. The highest BCUT2D eigenvalue weighted by molar-refractivity contribution is 4.99. The van der Waals surface area contributed by atoms with Crippen molar-refractivity contribution in [3.05, 3.63) is 0 Å². The Morgan fingerprint density at radius 2 is 1.67 bits per heavy atom. The normalized spacial score (nSPS) is 35.0. The standard InChI is InChI=1S/C18H35N3/c1-4-10-19-17-16(6-5-9-18(17,2)3)21-13-11-20(12-14-21)15-7-8-15/h15-17,19H,4-14H2,1-3H3. The van der Waals surface area contributed by atoms with Crippen molar-refractivity contribution in [2.75, 3.05) is 32.7 Å². The Bertz CT molecular complexity index is 329. The molecule has 3 heteroatoms. The van der Waals surface area contributed by atoms with Crippen LogP contribution < -0.4 is 5.32 Å². The molecule has 1 N–H and O–H groups in total. The van der Waals surface area contributed by atoms with E-state index >= 15 is 0 Å². The molecule has 1 saturated heterocycles. The molecule has 0 spiro atoms. The minimum Gasteiger partial charge on any atom is -0.312 e. The van der Waals surface area contributed by atoms with E-state index in [1.807, 2.05) is 0 Å². The maximum Gasteiger partial charge on any atom is 0.0274 e. The lowest BCUT2D eigenvalue weighted by Crippen LogP contribution is -2.62. The van der Waals surface area contributed by atoms with E-state index in [-0.39, 0.29) is 0 Å². The molecule has 1 aliphatic heterocycles. The third-order valence-electron chi connectivity index (χ3n) is 6.04. The van der Waals surface area contributed by atoms with Gasteiger partial charge in [-0.2, -0.15) is 0 Å². The lowest BCUT2D eigenvalue weighted by molar-refractivity contribution is 0.0166. The molecule has 0 aromatic carbocycles. The zero-order valence-corrected chi connectivity index (χ0v) is 14.4. The summed E-state index contributed by atoms with van der Waals surface area (Å²) >= 11 is 0. The van der Waals surface area contributed by atoms with Crippen LogP contribution in [0.4, 0.5) is 0 Å². The van der Waals surface area contributed by atoms with Crippen molar-refractivity contribution >= 4 is 0 Å². The summed E-state index contributed by atoms with van der Waals surface area (Å²) in [6.45, 7) is 13.6. The number of rotatable bonds is 5. The summed E-state index contributed by atoms with van der Waals surface area (Å²) in [7, 11) is 0. The van der Waals surface area contributed by atoms with Gasteiger partial charge in [0.15, 0.2) is 0 Å². The predicted molar refractivity (Wildman–Crippen MR) is 89.7 cm³/mol. The average molecular weight is 293 g/mol. The van der Waals surface area contributed by atoms with E-state index in [0.29, 0.717) is 11.5 Å². The van der Waals surface area contributed by atoms with Crippen molar-refractivity contribution in [3.8, 4) is 0 Å². The first-order valence-electron chi connectivity index (χ1n) is 9.33. The van der Waals surface area contributed by atoms with E-state index in [1.54, 1.807) is 0 Å². The molecule has 21 heavy (non-hydrogen) atoms. The molecule has 2 saturated carbocycles. The van der Waals surface area contributed by atoms with Crippen LogP contribution in [0, 0.1) is 5.41 Å². The second-order valence-corrected chi connectivity index (χ2v) is 8.18. The first-order chi connectivity index (χ1) is 10.1. The minimum atomic E-state index is 0.450. The molecule has 0 aromatic rings. The van der Waals surface area contributed by atoms with Gasteiger partial charge in [-0.1, -0.05) is 27.2 Å². The second-order valence-electron chi connectivity index (χ2n) is 8.18. The van der Waals surface area contributed by atoms with Crippen LogP contribution in [-0.2, 0) is 0 Å². The van der Waals surface area contributed by atoms with Crippen LogP contribution >= 0.6 is 0 Å². The Morgan fingerprint density at radius 3 is 2.29 bits per heavy atom. The lowest BCUT2D eigenvalue weighted by Gasteiger charge is -2.50. The topological polar surface area (TPSA) is 18.5 Å². The van der Waals surface area contributed by atoms with Crippen molar-refractivity contribution < 1.29 is 0 Å². The minimum absolute atomic E-state index is 0.450. The Hall–Kier alpha value is -0.120. The summed E-state index contributed by atoms with van der Waals surface area (Å²) in [6, 6.07) is 2.39. The highest BCUT2D eigenvalue weighted by Crippen LogP contribution is 2.38. The molecule has 0 bridgehead atoms. The van der Waals surface area contributed by atoms with Gasteiger partial charge in [-0.15, -0.1) is 0 Å². The monoisotopic (exact) mass is 293 g/mol. The van der Waals surface area contributed by atoms with Gasteiger partial charge in [-0.25, -0.2) is 0 Å². The Labute approximate surface area is 131 Å². The molecule has 0 radical (unpaired) electrons. The molecular weight excluding hydrogens is 258 g/mol. The van der Waals surface area contributed by atoms with Crippen LogP contribution in [0.15, 0.2) is 0 Å². The fraction of sp³-hybridized carbons (Fsp3) is 1.00. The summed E-state index contributed by atoms with van der Waals surface area (Å²) in [6.07, 6.45) is 8.34. The fourth-order valence-corrected chi connectivity index (χ4v) is 4.59. The molecular formula is C18H35N3. The van der Waals surface area contributed by atoms with Gasteiger partial charge in [0.25, 0.3) is 0 Å². The van der Waals surface area contributed by atoms with Gasteiger partial charge in [-0.05, 0) is 44.1 Å². The highest BCUT2D eigenvalue weighted by atomic mass is 15.3. The highest BCUT2D eigenvalue weighted by Gasteiger charge is 2.42. The Kier molecular flexibility index (Phi) is 4.92. The lowest BCUT2D eigenvalue weighted by atomic mass is 9.70. The zero-order chi connectivity index (χ0) is 14.9. The van der Waals surface area contributed by atoms with Crippen LogP contribution in [-0.4, -0.2) is 60.6 Å². The van der Waals surface area contributed by atoms with Gasteiger partial charge < -0.3 is 5.32 Å². The molecule has 2 aliphatic carbocycles. The Balaban J connectivity index is 1.61. The molecule has 3 nitrogen and oxygen atoms in total. The van der Waals surface area contributed by atoms with Crippen molar-refractivity contribution in [1.29, 1.82) is 0 Å². The molecule has 0 aromatic heterocycles. The van der Waals surface area contributed by atoms with Gasteiger partial charge >= 0.3 is 0 Å². The van der Waals surface area contributed by atoms with E-state index < -0.39 is 0 Å². The SMILES string of the molecule is CCCNC1C(N2CCN(C3CC3)CC2)CCCC1(C)C. The first-order valence-corrected chi connectivity index (χ1v) is 9.33. The van der Waals surface area contributed by atoms with Gasteiger partial charge in [0, 0.05) is 44.3 Å². The largest absolute Gasteiger partial charge is 0.312 e. The summed E-state index contributed by atoms with van der Waals surface area (Å²) in [5, 5.41) is 3.90. The van der Waals surface area contributed by atoms with Gasteiger partial charge in [0.05, 0.1) is 0 Å². The van der Waals surface area contributed by atoms with Gasteiger partial charge in [-0.3, -0.25) is 9.80 Å². The van der Waals surface area contributed by atoms with Crippen LogP contribution in [0.1, 0.15) is 59.3 Å². The van der Waals surface area contributed by atoms with Crippen molar-refractivity contribution in [2.45, 2.75) is 77.4 Å². The number of nitrogens with one attached hydrogen (secondary N) is 1. The van der Waals surface area contributed by atoms with Crippen LogP contribution in [0.25, 0.3) is 0 Å². The van der Waals surface area contributed by atoms with E-state index in [2.05, 4.69) is 35.9 Å². The molecule has 3 rings (SSSR count). The molecule has 2 unspecified atom stereocenters. The summed E-state index contributed by atoms with van der Waals surface area (Å²) in [5.74, 6) is 0. The molecule has 1 heterocycles. The van der Waals surface area contributed by atoms with Crippen molar-refractivity contribution in [3.63, 3.8) is 0 Å². The summed E-state index contributed by atoms with van der Waals surface area (Å²) in [4.78, 5) is 5.55. The summed E-state index contributed by atoms with van der Waals surface area (Å²) in [5.41, 5.74) is 0.450. The predicted octanol–water partition coefficient (Wildman–Crippen LogP) is 2.71. The fourth-order valence-electron chi connectivity index (χ4n) is 4.59. The number of nitrogens with zero attached hydrogens (tertiary/aromatic N) is 2. The molecule has 0 amide bonds. The molecule has 2 atom stereocenters. The maximum atomic E-state index is 3.90. The number of hydrogen-bond acceptors (Lipinski definition) is 3. The number of piperazine rings is 1. The summed E-state index contributed by atoms with van der Waals surface area (Å²) < 4.78 is 0. The van der Waals surface area contributed by atoms with E-state index in [4.69, 9.17) is 0 Å². The molecule has 3 fully saturated rings. The zero-order valence-electron chi connectivity index (χ0n) is 14.4. The smallest absolute Gasteiger partial charge is 0.0274 e.